The average Bonchev–Trinajstić information content (AvgIpc) is 2.27. The van der Waals surface area contributed by atoms with Crippen LogP contribution in [0.2, 0.25) is 0 Å². The van der Waals surface area contributed by atoms with Gasteiger partial charge in [-0.1, -0.05) is 27.2 Å². The zero-order valence-corrected chi connectivity index (χ0v) is 12.3. The summed E-state index contributed by atoms with van der Waals surface area (Å²) in [7, 11) is 0. The fraction of sp³-hybridized carbons (Fsp3) is 0.857. The Bertz CT molecular complexity index is 282. The second kappa shape index (κ2) is 9.78. The molecule has 19 heavy (non-hydrogen) atoms. The van der Waals surface area contributed by atoms with Gasteiger partial charge in [0, 0.05) is 12.5 Å². The molecule has 112 valence electrons. The van der Waals surface area contributed by atoms with Crippen molar-refractivity contribution in [2.45, 2.75) is 58.9 Å². The van der Waals surface area contributed by atoms with Gasteiger partial charge in [0.15, 0.2) is 0 Å². The summed E-state index contributed by atoms with van der Waals surface area (Å²) >= 11 is 0. The minimum absolute atomic E-state index is 0.0125. The Kier molecular flexibility index (Phi) is 9.21. The van der Waals surface area contributed by atoms with Crippen LogP contribution in [0.3, 0.4) is 0 Å². The van der Waals surface area contributed by atoms with E-state index in [1.807, 2.05) is 6.92 Å². The number of carboxylic acid groups (broad SMARTS) is 1. The molecule has 0 aliphatic rings. The second-order valence-corrected chi connectivity index (χ2v) is 5.50. The topological polar surface area (TPSA) is 92.4 Å². The lowest BCUT2D eigenvalue weighted by Gasteiger charge is -2.21. The first-order chi connectivity index (χ1) is 8.88. The number of nitrogens with two attached hydrogens (primary N) is 1. The third-order valence-electron chi connectivity index (χ3n) is 3.36. The largest absolute Gasteiger partial charge is 0.481 e. The van der Waals surface area contributed by atoms with Gasteiger partial charge >= 0.3 is 5.97 Å². The number of carbonyl (C=O) groups is 2. The molecule has 0 rings (SSSR count). The van der Waals surface area contributed by atoms with Gasteiger partial charge in [-0.05, 0) is 31.2 Å². The molecule has 0 aromatic rings. The van der Waals surface area contributed by atoms with Gasteiger partial charge in [0.1, 0.15) is 0 Å². The highest BCUT2D eigenvalue weighted by atomic mass is 16.4. The lowest BCUT2D eigenvalue weighted by Crippen LogP contribution is -2.38. The van der Waals surface area contributed by atoms with Crippen molar-refractivity contribution in [3.63, 3.8) is 0 Å². The molecule has 0 bridgehead atoms. The number of carbonyl (C=O) groups excluding carboxylic acids is 1. The highest BCUT2D eigenvalue weighted by Crippen LogP contribution is 2.13. The van der Waals surface area contributed by atoms with E-state index in [0.717, 1.165) is 12.8 Å². The Morgan fingerprint density at radius 1 is 1.21 bits per heavy atom. The van der Waals surface area contributed by atoms with Crippen LogP contribution < -0.4 is 11.1 Å². The molecule has 0 fully saturated rings. The average molecular weight is 272 g/mol. The van der Waals surface area contributed by atoms with Gasteiger partial charge < -0.3 is 16.2 Å². The first-order valence-electron chi connectivity index (χ1n) is 7.10. The van der Waals surface area contributed by atoms with Crippen LogP contribution in [0.5, 0.6) is 0 Å². The Morgan fingerprint density at radius 2 is 1.84 bits per heavy atom. The van der Waals surface area contributed by atoms with E-state index in [-0.39, 0.29) is 24.3 Å². The number of hydrogen-bond donors (Lipinski definition) is 3. The maximum atomic E-state index is 11.8. The van der Waals surface area contributed by atoms with Gasteiger partial charge in [-0.3, -0.25) is 9.59 Å². The van der Waals surface area contributed by atoms with Crippen LogP contribution in [0.25, 0.3) is 0 Å². The van der Waals surface area contributed by atoms with Gasteiger partial charge in [0.05, 0.1) is 6.42 Å². The summed E-state index contributed by atoms with van der Waals surface area (Å²) in [6, 6.07) is -0.273. The molecule has 3 atom stereocenters. The number of aliphatic carboxylic acids is 1. The van der Waals surface area contributed by atoms with Crippen LogP contribution in [-0.4, -0.2) is 29.6 Å². The summed E-state index contributed by atoms with van der Waals surface area (Å²) < 4.78 is 0. The SMILES string of the molecule is CCC(C)CC(CC(=O)O)NC(=O)CC(C)CCN. The van der Waals surface area contributed by atoms with Crippen LogP contribution in [0.4, 0.5) is 0 Å². The van der Waals surface area contributed by atoms with E-state index in [2.05, 4.69) is 19.2 Å². The van der Waals surface area contributed by atoms with Crippen molar-refractivity contribution in [3.8, 4) is 0 Å². The lowest BCUT2D eigenvalue weighted by atomic mass is 9.96. The summed E-state index contributed by atoms with van der Waals surface area (Å²) in [4.78, 5) is 22.7. The van der Waals surface area contributed by atoms with Crippen molar-refractivity contribution in [1.29, 1.82) is 0 Å². The zero-order chi connectivity index (χ0) is 14.8. The summed E-state index contributed by atoms with van der Waals surface area (Å²) in [5, 5.41) is 11.7. The number of hydrogen-bond acceptors (Lipinski definition) is 3. The number of nitrogens with one attached hydrogen (secondary N) is 1. The van der Waals surface area contributed by atoms with Crippen molar-refractivity contribution in [2.75, 3.05) is 6.54 Å². The van der Waals surface area contributed by atoms with Crippen molar-refractivity contribution >= 4 is 11.9 Å². The van der Waals surface area contributed by atoms with E-state index in [4.69, 9.17) is 10.8 Å². The molecule has 0 radical (unpaired) electrons. The number of amides is 1. The molecule has 5 heteroatoms. The van der Waals surface area contributed by atoms with E-state index in [1.165, 1.54) is 0 Å². The van der Waals surface area contributed by atoms with E-state index in [1.54, 1.807) is 0 Å². The molecule has 5 nitrogen and oxygen atoms in total. The smallest absolute Gasteiger partial charge is 0.305 e. The van der Waals surface area contributed by atoms with Gasteiger partial charge in [0.2, 0.25) is 5.91 Å². The molecule has 0 spiro atoms. The number of rotatable bonds is 10. The van der Waals surface area contributed by atoms with Crippen LogP contribution in [0.15, 0.2) is 0 Å². The predicted octanol–water partition coefficient (Wildman–Crippen LogP) is 1.76. The molecule has 0 heterocycles. The molecule has 0 aromatic carbocycles. The summed E-state index contributed by atoms with van der Waals surface area (Å²) in [6.45, 7) is 6.68. The van der Waals surface area contributed by atoms with Crippen molar-refractivity contribution in [1.82, 2.24) is 5.32 Å². The van der Waals surface area contributed by atoms with Crippen molar-refractivity contribution in [2.24, 2.45) is 17.6 Å². The van der Waals surface area contributed by atoms with Crippen LogP contribution in [0.1, 0.15) is 52.9 Å². The van der Waals surface area contributed by atoms with Gasteiger partial charge in [-0.2, -0.15) is 0 Å². The monoisotopic (exact) mass is 272 g/mol. The zero-order valence-electron chi connectivity index (χ0n) is 12.3. The normalized spacial score (nSPS) is 15.6. The third-order valence-corrected chi connectivity index (χ3v) is 3.36. The van der Waals surface area contributed by atoms with E-state index < -0.39 is 5.97 Å². The first kappa shape index (κ1) is 17.9. The van der Waals surface area contributed by atoms with Gasteiger partial charge in [0.25, 0.3) is 0 Å². The molecule has 0 aromatic heterocycles. The van der Waals surface area contributed by atoms with E-state index >= 15 is 0 Å². The maximum absolute atomic E-state index is 11.8. The third kappa shape index (κ3) is 9.47. The molecular weight excluding hydrogens is 244 g/mol. The summed E-state index contributed by atoms with van der Waals surface area (Å²) in [5.41, 5.74) is 5.45. The van der Waals surface area contributed by atoms with Crippen LogP contribution in [-0.2, 0) is 9.59 Å². The van der Waals surface area contributed by atoms with E-state index in [9.17, 15) is 9.59 Å². The van der Waals surface area contributed by atoms with Crippen LogP contribution in [0, 0.1) is 11.8 Å². The molecule has 0 aliphatic carbocycles. The minimum atomic E-state index is -0.872. The highest BCUT2D eigenvalue weighted by molar-refractivity contribution is 5.77. The fourth-order valence-corrected chi connectivity index (χ4v) is 2.05. The fourth-order valence-electron chi connectivity index (χ4n) is 2.05. The first-order valence-corrected chi connectivity index (χ1v) is 7.10. The Hall–Kier alpha value is -1.10. The van der Waals surface area contributed by atoms with Gasteiger partial charge in [-0.25, -0.2) is 0 Å². The second-order valence-electron chi connectivity index (χ2n) is 5.50. The molecule has 4 N–H and O–H groups in total. The van der Waals surface area contributed by atoms with E-state index in [0.29, 0.717) is 25.3 Å². The Balaban J connectivity index is 4.29. The van der Waals surface area contributed by atoms with Crippen molar-refractivity contribution < 1.29 is 14.7 Å². The lowest BCUT2D eigenvalue weighted by molar-refractivity contribution is -0.137. The minimum Gasteiger partial charge on any atom is -0.481 e. The standard InChI is InChI=1S/C14H28N2O3/c1-4-10(2)7-12(9-14(18)19)16-13(17)8-11(3)5-6-15/h10-12H,4-9,15H2,1-3H3,(H,16,17)(H,18,19). The van der Waals surface area contributed by atoms with Crippen molar-refractivity contribution in [3.05, 3.63) is 0 Å². The molecule has 1 amide bonds. The molecular formula is C14H28N2O3. The molecule has 0 saturated carbocycles. The molecule has 0 saturated heterocycles. The quantitative estimate of drug-likeness (QED) is 0.565. The Labute approximate surface area is 115 Å². The van der Waals surface area contributed by atoms with Gasteiger partial charge in [-0.15, -0.1) is 0 Å². The Morgan fingerprint density at radius 3 is 2.32 bits per heavy atom. The molecule has 0 aliphatic heterocycles. The maximum Gasteiger partial charge on any atom is 0.305 e. The number of carboxylic acids is 1. The molecule has 3 unspecified atom stereocenters. The predicted molar refractivity (Wildman–Crippen MR) is 75.7 cm³/mol. The summed E-state index contributed by atoms with van der Waals surface area (Å²) in [6.07, 6.45) is 2.90. The highest BCUT2D eigenvalue weighted by Gasteiger charge is 2.19. The van der Waals surface area contributed by atoms with Crippen LogP contribution >= 0.6 is 0 Å². The summed E-state index contributed by atoms with van der Waals surface area (Å²) in [5.74, 6) is -0.302.